The highest BCUT2D eigenvalue weighted by Gasteiger charge is 2.32. The maximum atomic E-state index is 13.9. The molecule has 1 atom stereocenters. The molecule has 38 heavy (non-hydrogen) atoms. The number of carbonyl (C=O) groups is 2. The average Bonchev–Trinajstić information content (AvgIpc) is 3.44. The van der Waals surface area contributed by atoms with E-state index in [9.17, 15) is 9.59 Å². The Balaban J connectivity index is 1.63. The Kier molecular flexibility index (Phi) is 9.58. The Morgan fingerprint density at radius 1 is 0.921 bits per heavy atom. The Labute approximate surface area is 227 Å². The molecule has 5 heteroatoms. The van der Waals surface area contributed by atoms with Gasteiger partial charge in [-0.3, -0.25) is 9.59 Å². The van der Waals surface area contributed by atoms with Crippen LogP contribution in [0.1, 0.15) is 67.7 Å². The topological polar surface area (TPSA) is 58.6 Å². The van der Waals surface area contributed by atoms with Crippen molar-refractivity contribution in [3.63, 3.8) is 0 Å². The van der Waals surface area contributed by atoms with Crippen LogP contribution in [0.2, 0.25) is 0 Å². The number of carbonyl (C=O) groups excluding carboxylic acids is 2. The van der Waals surface area contributed by atoms with E-state index >= 15 is 0 Å². The van der Waals surface area contributed by atoms with Crippen LogP contribution in [0.15, 0.2) is 78.9 Å². The lowest BCUT2D eigenvalue weighted by Gasteiger charge is -2.32. The Morgan fingerprint density at radius 3 is 2.29 bits per heavy atom. The fourth-order valence-electron chi connectivity index (χ4n) is 5.20. The van der Waals surface area contributed by atoms with Crippen molar-refractivity contribution >= 4 is 11.8 Å². The van der Waals surface area contributed by atoms with Crippen molar-refractivity contribution in [1.82, 2.24) is 10.2 Å². The molecule has 0 spiro atoms. The summed E-state index contributed by atoms with van der Waals surface area (Å²) in [7, 11) is 0. The molecule has 0 bridgehead atoms. The van der Waals surface area contributed by atoms with Gasteiger partial charge in [-0.2, -0.15) is 0 Å². The van der Waals surface area contributed by atoms with Crippen molar-refractivity contribution in [3.05, 3.63) is 101 Å². The number of amides is 2. The number of hydrogen-bond acceptors (Lipinski definition) is 3. The molecule has 200 valence electrons. The first-order valence-electron chi connectivity index (χ1n) is 13.8. The third kappa shape index (κ3) is 7.25. The highest BCUT2D eigenvalue weighted by atomic mass is 16.5. The quantitative estimate of drug-likeness (QED) is 0.333. The molecule has 3 aromatic rings. The van der Waals surface area contributed by atoms with Crippen LogP contribution >= 0.6 is 0 Å². The summed E-state index contributed by atoms with van der Waals surface area (Å²) in [4.78, 5) is 29.4. The van der Waals surface area contributed by atoms with Gasteiger partial charge in [-0.15, -0.1) is 0 Å². The van der Waals surface area contributed by atoms with E-state index in [4.69, 9.17) is 4.74 Å². The van der Waals surface area contributed by atoms with Gasteiger partial charge in [0.1, 0.15) is 11.8 Å². The number of benzene rings is 3. The first kappa shape index (κ1) is 27.4. The van der Waals surface area contributed by atoms with E-state index < -0.39 is 6.04 Å². The molecule has 1 saturated carbocycles. The van der Waals surface area contributed by atoms with Crippen LogP contribution < -0.4 is 10.1 Å². The van der Waals surface area contributed by atoms with Crippen molar-refractivity contribution in [1.29, 1.82) is 0 Å². The second-order valence-corrected chi connectivity index (χ2v) is 10.6. The molecule has 1 aliphatic rings. The van der Waals surface area contributed by atoms with Crippen LogP contribution in [0, 0.1) is 6.92 Å². The van der Waals surface area contributed by atoms with Gasteiger partial charge in [0.05, 0.1) is 0 Å². The lowest BCUT2D eigenvalue weighted by molar-refractivity contribution is -0.143. The molecule has 5 nitrogen and oxygen atoms in total. The van der Waals surface area contributed by atoms with Crippen LogP contribution in [0.25, 0.3) is 0 Å². The van der Waals surface area contributed by atoms with Gasteiger partial charge in [0.15, 0.2) is 6.61 Å². The van der Waals surface area contributed by atoms with Crippen molar-refractivity contribution in [2.24, 2.45) is 0 Å². The van der Waals surface area contributed by atoms with Gasteiger partial charge < -0.3 is 15.0 Å². The van der Waals surface area contributed by atoms with Crippen molar-refractivity contribution in [3.8, 4) is 5.75 Å². The second kappa shape index (κ2) is 13.3. The minimum atomic E-state index is -0.644. The molecule has 3 aromatic carbocycles. The molecular weight excluding hydrogens is 472 g/mol. The second-order valence-electron chi connectivity index (χ2n) is 10.6. The number of aryl methyl sites for hydroxylation is 1. The lowest BCUT2D eigenvalue weighted by atomic mass is 10.0. The predicted octanol–water partition coefficient (Wildman–Crippen LogP) is 6.20. The van der Waals surface area contributed by atoms with Crippen LogP contribution in [0.5, 0.6) is 5.75 Å². The van der Waals surface area contributed by atoms with E-state index in [1.165, 1.54) is 0 Å². The number of ether oxygens (including phenoxy) is 1. The van der Waals surface area contributed by atoms with Gasteiger partial charge in [-0.1, -0.05) is 99.5 Å². The zero-order valence-electron chi connectivity index (χ0n) is 22.9. The Morgan fingerprint density at radius 2 is 1.58 bits per heavy atom. The average molecular weight is 513 g/mol. The van der Waals surface area contributed by atoms with E-state index in [0.29, 0.717) is 18.7 Å². The number of para-hydroxylation sites is 1. The number of nitrogens with one attached hydrogen (secondary N) is 1. The monoisotopic (exact) mass is 512 g/mol. The number of hydrogen-bond donors (Lipinski definition) is 1. The number of nitrogens with zero attached hydrogens (tertiary/aromatic N) is 1. The molecule has 2 amide bonds. The molecule has 0 heterocycles. The molecule has 1 fully saturated rings. The van der Waals surface area contributed by atoms with Crippen molar-refractivity contribution < 1.29 is 14.3 Å². The third-order valence-corrected chi connectivity index (χ3v) is 7.47. The van der Waals surface area contributed by atoms with Gasteiger partial charge in [0.25, 0.3) is 5.91 Å². The van der Waals surface area contributed by atoms with Crippen LogP contribution in [-0.4, -0.2) is 35.4 Å². The molecule has 1 aliphatic carbocycles. The van der Waals surface area contributed by atoms with Crippen molar-refractivity contribution in [2.75, 3.05) is 6.61 Å². The van der Waals surface area contributed by atoms with Crippen LogP contribution in [-0.2, 0) is 22.6 Å². The normalized spacial score (nSPS) is 14.3. The molecular formula is C33H40N2O3. The van der Waals surface area contributed by atoms with Gasteiger partial charge in [0, 0.05) is 19.0 Å². The largest absolute Gasteiger partial charge is 0.483 e. The fourth-order valence-corrected chi connectivity index (χ4v) is 5.20. The van der Waals surface area contributed by atoms with E-state index in [1.54, 1.807) is 4.90 Å². The zero-order chi connectivity index (χ0) is 26.9. The van der Waals surface area contributed by atoms with Gasteiger partial charge in [-0.05, 0) is 54.0 Å². The van der Waals surface area contributed by atoms with E-state index in [2.05, 4.69) is 19.2 Å². The van der Waals surface area contributed by atoms with Crippen molar-refractivity contribution in [2.45, 2.75) is 77.4 Å². The highest BCUT2D eigenvalue weighted by molar-refractivity contribution is 5.88. The molecule has 0 aromatic heterocycles. The lowest BCUT2D eigenvalue weighted by Crippen LogP contribution is -2.53. The summed E-state index contributed by atoms with van der Waals surface area (Å²) in [6.07, 6.45) is 4.68. The number of rotatable bonds is 11. The molecule has 0 radical (unpaired) electrons. The minimum Gasteiger partial charge on any atom is -0.483 e. The highest BCUT2D eigenvalue weighted by Crippen LogP contribution is 2.26. The zero-order valence-corrected chi connectivity index (χ0v) is 22.9. The first-order valence-corrected chi connectivity index (χ1v) is 13.8. The summed E-state index contributed by atoms with van der Waals surface area (Å²) in [6.45, 7) is 6.47. The SMILES string of the molecule is Cc1ccccc1CN(C(=O)COc1ccccc1C(C)C)C(Cc1ccccc1)C(=O)NC1CCCC1. The summed E-state index contributed by atoms with van der Waals surface area (Å²) in [5.41, 5.74) is 4.19. The molecule has 4 rings (SSSR count). The van der Waals surface area contributed by atoms with E-state index in [-0.39, 0.29) is 30.4 Å². The summed E-state index contributed by atoms with van der Waals surface area (Å²) in [6, 6.07) is 25.3. The van der Waals surface area contributed by atoms with E-state index in [1.807, 2.05) is 85.8 Å². The van der Waals surface area contributed by atoms with Gasteiger partial charge >= 0.3 is 0 Å². The van der Waals surface area contributed by atoms with Crippen LogP contribution in [0.4, 0.5) is 0 Å². The standard InChI is InChI=1S/C33H40N2O3/c1-24(2)29-19-11-12-20-31(29)38-23-32(36)35(22-27-16-8-7-13-25(27)3)30(21-26-14-5-4-6-15-26)33(37)34-28-17-9-10-18-28/h4-8,11-16,19-20,24,28,30H,9-10,17-18,21-23H2,1-3H3,(H,34,37). The Hall–Kier alpha value is -3.60. The fraction of sp³-hybridized carbons (Fsp3) is 0.394. The molecule has 0 aliphatic heterocycles. The smallest absolute Gasteiger partial charge is 0.261 e. The first-order chi connectivity index (χ1) is 18.4. The van der Waals surface area contributed by atoms with Gasteiger partial charge in [0.2, 0.25) is 5.91 Å². The molecule has 1 unspecified atom stereocenters. The maximum absolute atomic E-state index is 13.9. The summed E-state index contributed by atoms with van der Waals surface area (Å²) >= 11 is 0. The predicted molar refractivity (Wildman–Crippen MR) is 152 cm³/mol. The molecule has 1 N–H and O–H groups in total. The minimum absolute atomic E-state index is 0.0923. The third-order valence-electron chi connectivity index (χ3n) is 7.47. The summed E-state index contributed by atoms with van der Waals surface area (Å²) < 4.78 is 6.10. The maximum Gasteiger partial charge on any atom is 0.261 e. The summed E-state index contributed by atoms with van der Waals surface area (Å²) in [5, 5.41) is 3.26. The summed E-state index contributed by atoms with van der Waals surface area (Å²) in [5.74, 6) is 0.689. The molecule has 0 saturated heterocycles. The van der Waals surface area contributed by atoms with Gasteiger partial charge in [-0.25, -0.2) is 0 Å². The Bertz CT molecular complexity index is 1200. The van der Waals surface area contributed by atoms with E-state index in [0.717, 1.165) is 47.9 Å². The van der Waals surface area contributed by atoms with Crippen LogP contribution in [0.3, 0.4) is 0 Å².